The maximum atomic E-state index is 9.79. The van der Waals surface area contributed by atoms with Crippen LogP contribution in [-0.2, 0) is 0 Å². The quantitative estimate of drug-likeness (QED) is 0.847. The molecule has 1 aromatic heterocycles. The van der Waals surface area contributed by atoms with E-state index in [4.69, 9.17) is 11.6 Å². The van der Waals surface area contributed by atoms with Crippen LogP contribution in [0.3, 0.4) is 0 Å². The standard InChI is InChI=1S/C16H20ClN3O/c17-15-19-13-7-3-2-6-12(13)14(20-15)18-10-16(11-21)8-4-1-5-9-16/h2-3,6-7,21H,1,4-5,8-11H2,(H,18,19,20). The first kappa shape index (κ1) is 14.5. The van der Waals surface area contributed by atoms with Crippen molar-refractivity contribution in [3.8, 4) is 0 Å². The molecule has 1 fully saturated rings. The van der Waals surface area contributed by atoms with Crippen LogP contribution in [0.2, 0.25) is 5.28 Å². The van der Waals surface area contributed by atoms with Crippen molar-refractivity contribution in [3.63, 3.8) is 0 Å². The van der Waals surface area contributed by atoms with Gasteiger partial charge in [-0.15, -0.1) is 0 Å². The molecular formula is C16H20ClN3O. The highest BCUT2D eigenvalue weighted by Gasteiger charge is 2.31. The Kier molecular flexibility index (Phi) is 4.27. The van der Waals surface area contributed by atoms with Gasteiger partial charge in [0.1, 0.15) is 5.82 Å². The number of rotatable bonds is 4. The molecule has 1 aliphatic carbocycles. The molecule has 1 heterocycles. The molecule has 1 aliphatic rings. The highest BCUT2D eigenvalue weighted by Crippen LogP contribution is 2.36. The number of fused-ring (bicyclic) bond motifs is 1. The highest BCUT2D eigenvalue weighted by molar-refractivity contribution is 6.28. The third kappa shape index (κ3) is 3.11. The van der Waals surface area contributed by atoms with E-state index in [9.17, 15) is 5.11 Å². The van der Waals surface area contributed by atoms with Crippen molar-refractivity contribution in [2.45, 2.75) is 32.1 Å². The summed E-state index contributed by atoms with van der Waals surface area (Å²) in [6.45, 7) is 0.942. The summed E-state index contributed by atoms with van der Waals surface area (Å²) in [5.74, 6) is 0.754. The second-order valence-electron chi connectivity index (χ2n) is 5.93. The SMILES string of the molecule is OCC1(CNc2nc(Cl)nc3ccccc23)CCCCC1. The lowest BCUT2D eigenvalue weighted by molar-refractivity contribution is 0.0943. The van der Waals surface area contributed by atoms with Crippen LogP contribution in [0, 0.1) is 5.41 Å². The summed E-state index contributed by atoms with van der Waals surface area (Å²) in [5.41, 5.74) is 0.804. The molecule has 0 bridgehead atoms. The van der Waals surface area contributed by atoms with E-state index in [0.29, 0.717) is 0 Å². The summed E-state index contributed by atoms with van der Waals surface area (Å²) >= 11 is 6.00. The molecule has 0 unspecified atom stereocenters. The maximum Gasteiger partial charge on any atom is 0.224 e. The molecule has 0 atom stereocenters. The number of nitrogens with zero attached hydrogens (tertiary/aromatic N) is 2. The molecule has 4 nitrogen and oxygen atoms in total. The molecule has 1 saturated carbocycles. The first-order chi connectivity index (χ1) is 10.2. The fourth-order valence-electron chi connectivity index (χ4n) is 3.15. The number of hydrogen-bond acceptors (Lipinski definition) is 4. The molecule has 112 valence electrons. The molecule has 21 heavy (non-hydrogen) atoms. The van der Waals surface area contributed by atoms with Gasteiger partial charge < -0.3 is 10.4 Å². The Morgan fingerprint density at radius 1 is 1.14 bits per heavy atom. The zero-order valence-electron chi connectivity index (χ0n) is 12.0. The number of halogens is 1. The zero-order chi connectivity index (χ0) is 14.7. The molecule has 0 spiro atoms. The predicted molar refractivity (Wildman–Crippen MR) is 85.6 cm³/mol. The van der Waals surface area contributed by atoms with Crippen LogP contribution < -0.4 is 5.32 Å². The summed E-state index contributed by atoms with van der Waals surface area (Å²) in [7, 11) is 0. The van der Waals surface area contributed by atoms with Crippen LogP contribution in [0.4, 0.5) is 5.82 Å². The van der Waals surface area contributed by atoms with Crippen molar-refractivity contribution in [3.05, 3.63) is 29.5 Å². The fraction of sp³-hybridized carbons (Fsp3) is 0.500. The largest absolute Gasteiger partial charge is 0.396 e. The predicted octanol–water partition coefficient (Wildman–Crippen LogP) is 3.64. The summed E-state index contributed by atoms with van der Waals surface area (Å²) in [4.78, 5) is 8.55. The van der Waals surface area contributed by atoms with E-state index in [1.165, 1.54) is 19.3 Å². The van der Waals surface area contributed by atoms with Gasteiger partial charge in [-0.2, -0.15) is 0 Å². The van der Waals surface area contributed by atoms with Crippen molar-refractivity contribution in [2.75, 3.05) is 18.5 Å². The average Bonchev–Trinajstić information content (AvgIpc) is 2.53. The molecule has 2 N–H and O–H groups in total. The molecule has 0 amide bonds. The van der Waals surface area contributed by atoms with Crippen molar-refractivity contribution >= 4 is 28.3 Å². The second-order valence-corrected chi connectivity index (χ2v) is 6.27. The van der Waals surface area contributed by atoms with E-state index in [0.717, 1.165) is 36.1 Å². The van der Waals surface area contributed by atoms with Gasteiger partial charge >= 0.3 is 0 Å². The molecule has 0 saturated heterocycles. The monoisotopic (exact) mass is 305 g/mol. The smallest absolute Gasteiger partial charge is 0.224 e. The minimum Gasteiger partial charge on any atom is -0.396 e. The second kappa shape index (κ2) is 6.16. The lowest BCUT2D eigenvalue weighted by Gasteiger charge is -2.35. The summed E-state index contributed by atoms with van der Waals surface area (Å²) in [6.07, 6.45) is 5.77. The fourth-order valence-corrected chi connectivity index (χ4v) is 3.32. The zero-order valence-corrected chi connectivity index (χ0v) is 12.7. The summed E-state index contributed by atoms with van der Waals surface area (Å²) < 4.78 is 0. The minimum atomic E-state index is -0.0310. The van der Waals surface area contributed by atoms with E-state index in [-0.39, 0.29) is 17.3 Å². The van der Waals surface area contributed by atoms with E-state index in [1.807, 2.05) is 24.3 Å². The summed E-state index contributed by atoms with van der Waals surface area (Å²) in [6, 6.07) is 7.82. The summed E-state index contributed by atoms with van der Waals surface area (Å²) in [5, 5.41) is 14.4. The molecule has 0 aliphatic heterocycles. The lowest BCUT2D eigenvalue weighted by atomic mass is 9.74. The number of para-hydroxylation sites is 1. The van der Waals surface area contributed by atoms with Crippen LogP contribution >= 0.6 is 11.6 Å². The van der Waals surface area contributed by atoms with Gasteiger partial charge in [0.25, 0.3) is 0 Å². The van der Waals surface area contributed by atoms with Gasteiger partial charge in [0.05, 0.1) is 12.1 Å². The van der Waals surface area contributed by atoms with Gasteiger partial charge in [0, 0.05) is 17.3 Å². The lowest BCUT2D eigenvalue weighted by Crippen LogP contribution is -2.35. The topological polar surface area (TPSA) is 58.0 Å². The van der Waals surface area contributed by atoms with E-state index >= 15 is 0 Å². The van der Waals surface area contributed by atoms with Crippen molar-refractivity contribution in [1.29, 1.82) is 0 Å². The van der Waals surface area contributed by atoms with Gasteiger partial charge in [-0.05, 0) is 36.6 Å². The van der Waals surface area contributed by atoms with Gasteiger partial charge in [0.15, 0.2) is 0 Å². The Labute approximate surface area is 129 Å². The molecule has 3 rings (SSSR count). The molecular weight excluding hydrogens is 286 g/mol. The first-order valence-electron chi connectivity index (χ1n) is 7.49. The number of aliphatic hydroxyl groups is 1. The van der Waals surface area contributed by atoms with Gasteiger partial charge in [0.2, 0.25) is 5.28 Å². The van der Waals surface area contributed by atoms with Crippen molar-refractivity contribution in [1.82, 2.24) is 9.97 Å². The van der Waals surface area contributed by atoms with Crippen molar-refractivity contribution in [2.24, 2.45) is 5.41 Å². The third-order valence-electron chi connectivity index (χ3n) is 4.46. The average molecular weight is 306 g/mol. The van der Waals surface area contributed by atoms with E-state index < -0.39 is 0 Å². The Bertz CT molecular complexity index is 626. The number of anilines is 1. The van der Waals surface area contributed by atoms with Crippen LogP contribution in [-0.4, -0.2) is 28.2 Å². The maximum absolute atomic E-state index is 9.79. The highest BCUT2D eigenvalue weighted by atomic mass is 35.5. The Morgan fingerprint density at radius 3 is 2.67 bits per heavy atom. The molecule has 1 aromatic carbocycles. The van der Waals surface area contributed by atoms with Crippen LogP contribution in [0.5, 0.6) is 0 Å². The number of aromatic nitrogens is 2. The van der Waals surface area contributed by atoms with Gasteiger partial charge in [-0.25, -0.2) is 9.97 Å². The number of hydrogen-bond donors (Lipinski definition) is 2. The normalized spacial score (nSPS) is 17.8. The van der Waals surface area contributed by atoms with Gasteiger partial charge in [-0.3, -0.25) is 0 Å². The van der Waals surface area contributed by atoms with Crippen LogP contribution in [0.1, 0.15) is 32.1 Å². The van der Waals surface area contributed by atoms with Crippen LogP contribution in [0.15, 0.2) is 24.3 Å². The Balaban J connectivity index is 1.84. The van der Waals surface area contributed by atoms with E-state index in [1.54, 1.807) is 0 Å². The Hall–Kier alpha value is -1.39. The molecule has 0 radical (unpaired) electrons. The molecule has 2 aromatic rings. The number of benzene rings is 1. The van der Waals surface area contributed by atoms with Gasteiger partial charge in [-0.1, -0.05) is 31.4 Å². The number of nitrogens with one attached hydrogen (secondary N) is 1. The molecule has 5 heteroatoms. The third-order valence-corrected chi connectivity index (χ3v) is 4.63. The minimum absolute atomic E-state index is 0.0310. The van der Waals surface area contributed by atoms with Crippen LogP contribution in [0.25, 0.3) is 10.9 Å². The van der Waals surface area contributed by atoms with Crippen molar-refractivity contribution < 1.29 is 5.11 Å². The van der Waals surface area contributed by atoms with E-state index in [2.05, 4.69) is 15.3 Å². The Morgan fingerprint density at radius 2 is 1.90 bits per heavy atom. The number of aliphatic hydroxyl groups excluding tert-OH is 1. The first-order valence-corrected chi connectivity index (χ1v) is 7.87.